The van der Waals surface area contributed by atoms with Gasteiger partial charge in [0.25, 0.3) is 11.5 Å². The van der Waals surface area contributed by atoms with Gasteiger partial charge < -0.3 is 15.6 Å². The van der Waals surface area contributed by atoms with Crippen LogP contribution in [0.25, 0.3) is 33.3 Å². The molecule has 5 aromatic rings. The highest BCUT2D eigenvalue weighted by Crippen LogP contribution is 2.33. The molecule has 1 aliphatic heterocycles. The van der Waals surface area contributed by atoms with E-state index >= 15 is 0 Å². The number of anilines is 1. The van der Waals surface area contributed by atoms with E-state index in [0.717, 1.165) is 72.6 Å². The molecule has 0 spiro atoms. The van der Waals surface area contributed by atoms with Gasteiger partial charge in [0, 0.05) is 48.7 Å². The average molecular weight is 602 g/mol. The van der Waals surface area contributed by atoms with E-state index in [0.29, 0.717) is 10.9 Å². The highest BCUT2D eigenvalue weighted by atomic mass is 19.1. The van der Waals surface area contributed by atoms with Gasteiger partial charge in [0.2, 0.25) is 5.91 Å². The molecule has 0 radical (unpaired) electrons. The molecule has 3 heterocycles. The van der Waals surface area contributed by atoms with Gasteiger partial charge in [0.05, 0.1) is 22.2 Å². The summed E-state index contributed by atoms with van der Waals surface area (Å²) in [6.07, 6.45) is 4.21. The fraction of sp³-hybridized carbons (Fsp3) is 0.167. The standard InChI is InChI=1S/C36H32FN5O3/c1-2-33(43)39-27-12-13-28(31(37)20-27)36(45)40-26-15-18-42(19-16-26)22-23-8-10-25(11-9-23)34-29(24-6-4-3-5-7-24)21-30-32(41-34)14-17-38-35(30)44/h2-14,17,20-21,26H,1,15-16,18-19,22H2,(H,38,44)(H,39,43)(H,40,45). The van der Waals surface area contributed by atoms with Gasteiger partial charge in [-0.05, 0) is 60.4 Å². The predicted octanol–water partition coefficient (Wildman–Crippen LogP) is 5.92. The maximum atomic E-state index is 14.6. The second kappa shape index (κ2) is 13.1. The summed E-state index contributed by atoms with van der Waals surface area (Å²) < 4.78 is 14.6. The number of hydrogen-bond donors (Lipinski definition) is 3. The third-order valence-corrected chi connectivity index (χ3v) is 8.06. The molecule has 2 aromatic heterocycles. The number of benzene rings is 3. The summed E-state index contributed by atoms with van der Waals surface area (Å²) in [5.74, 6) is -1.61. The number of rotatable bonds is 8. The van der Waals surface area contributed by atoms with E-state index in [2.05, 4.69) is 51.4 Å². The van der Waals surface area contributed by atoms with E-state index in [4.69, 9.17) is 4.98 Å². The van der Waals surface area contributed by atoms with Crippen LogP contribution in [0.2, 0.25) is 0 Å². The minimum atomic E-state index is -0.696. The summed E-state index contributed by atoms with van der Waals surface area (Å²) in [6.45, 7) is 5.72. The van der Waals surface area contributed by atoms with Crippen LogP contribution in [0.5, 0.6) is 0 Å². The summed E-state index contributed by atoms with van der Waals surface area (Å²) in [7, 11) is 0. The molecule has 0 bridgehead atoms. The molecule has 1 saturated heterocycles. The Balaban J connectivity index is 1.09. The maximum absolute atomic E-state index is 14.6. The number of nitrogens with one attached hydrogen (secondary N) is 3. The van der Waals surface area contributed by atoms with E-state index in [1.54, 1.807) is 6.20 Å². The SMILES string of the molecule is C=CC(=O)Nc1ccc(C(=O)NC2CCN(Cc3ccc(-c4nc5cc[nH]c(=O)c5cc4-c4ccccc4)cc3)CC2)c(F)c1. The Morgan fingerprint density at radius 2 is 1.73 bits per heavy atom. The molecule has 0 unspecified atom stereocenters. The first-order chi connectivity index (χ1) is 21.9. The smallest absolute Gasteiger partial charge is 0.257 e. The predicted molar refractivity (Wildman–Crippen MR) is 174 cm³/mol. The molecule has 8 nitrogen and oxygen atoms in total. The fourth-order valence-corrected chi connectivity index (χ4v) is 5.66. The van der Waals surface area contributed by atoms with Crippen molar-refractivity contribution in [2.75, 3.05) is 18.4 Å². The van der Waals surface area contributed by atoms with E-state index < -0.39 is 17.6 Å². The third kappa shape index (κ3) is 6.73. The number of carbonyl (C=O) groups is 2. The monoisotopic (exact) mass is 601 g/mol. The normalized spacial score (nSPS) is 13.8. The van der Waals surface area contributed by atoms with Crippen molar-refractivity contribution in [3.63, 3.8) is 0 Å². The number of halogens is 1. The number of hydrogen-bond acceptors (Lipinski definition) is 5. The minimum absolute atomic E-state index is 0.0571. The molecule has 6 rings (SSSR count). The Kier molecular flexibility index (Phi) is 8.61. The number of pyridine rings is 2. The molecule has 0 saturated carbocycles. The highest BCUT2D eigenvalue weighted by Gasteiger charge is 2.23. The molecule has 3 aromatic carbocycles. The second-order valence-electron chi connectivity index (χ2n) is 11.1. The number of aromatic nitrogens is 2. The molecule has 2 amide bonds. The van der Waals surface area contributed by atoms with Crippen LogP contribution in [0.4, 0.5) is 10.1 Å². The zero-order chi connectivity index (χ0) is 31.3. The van der Waals surface area contributed by atoms with Crippen molar-refractivity contribution in [3.8, 4) is 22.4 Å². The topological polar surface area (TPSA) is 107 Å². The number of aromatic amines is 1. The van der Waals surface area contributed by atoms with Crippen LogP contribution in [0.15, 0.2) is 109 Å². The van der Waals surface area contributed by atoms with Gasteiger partial charge in [-0.15, -0.1) is 0 Å². The van der Waals surface area contributed by atoms with Crippen LogP contribution in [0.1, 0.15) is 28.8 Å². The summed E-state index contributed by atoms with van der Waals surface area (Å²) in [6, 6.07) is 25.9. The van der Waals surface area contributed by atoms with Crippen LogP contribution in [-0.4, -0.2) is 45.8 Å². The maximum Gasteiger partial charge on any atom is 0.257 e. The lowest BCUT2D eigenvalue weighted by atomic mass is 9.97. The van der Waals surface area contributed by atoms with Crippen LogP contribution in [0, 0.1) is 5.82 Å². The third-order valence-electron chi connectivity index (χ3n) is 8.06. The molecule has 0 atom stereocenters. The first kappa shape index (κ1) is 29.7. The van der Waals surface area contributed by atoms with Gasteiger partial charge in [-0.3, -0.25) is 19.3 Å². The largest absolute Gasteiger partial charge is 0.349 e. The molecule has 1 aliphatic rings. The van der Waals surface area contributed by atoms with Gasteiger partial charge in [0.1, 0.15) is 5.82 Å². The summed E-state index contributed by atoms with van der Waals surface area (Å²) in [5, 5.41) is 5.99. The zero-order valence-corrected chi connectivity index (χ0v) is 24.6. The van der Waals surface area contributed by atoms with Gasteiger partial charge in [-0.2, -0.15) is 0 Å². The molecule has 0 aliphatic carbocycles. The van der Waals surface area contributed by atoms with E-state index in [1.807, 2.05) is 42.5 Å². The van der Waals surface area contributed by atoms with Gasteiger partial charge in [-0.1, -0.05) is 61.2 Å². The van der Waals surface area contributed by atoms with Crippen LogP contribution >= 0.6 is 0 Å². The van der Waals surface area contributed by atoms with E-state index in [1.165, 1.54) is 12.1 Å². The lowest BCUT2D eigenvalue weighted by molar-refractivity contribution is -0.111. The Bertz CT molecular complexity index is 1930. The molecular weight excluding hydrogens is 569 g/mol. The van der Waals surface area contributed by atoms with Crippen molar-refractivity contribution < 1.29 is 14.0 Å². The Morgan fingerprint density at radius 1 is 0.978 bits per heavy atom. The van der Waals surface area contributed by atoms with E-state index in [9.17, 15) is 18.8 Å². The lowest BCUT2D eigenvalue weighted by Crippen LogP contribution is -2.44. The first-order valence-corrected chi connectivity index (χ1v) is 14.8. The molecular formula is C36H32FN5O3. The Morgan fingerprint density at radius 3 is 2.44 bits per heavy atom. The van der Waals surface area contributed by atoms with Gasteiger partial charge in [-0.25, -0.2) is 9.37 Å². The Labute approximate surface area is 259 Å². The zero-order valence-electron chi connectivity index (χ0n) is 24.6. The van der Waals surface area contributed by atoms with Crippen LogP contribution < -0.4 is 16.2 Å². The highest BCUT2D eigenvalue weighted by molar-refractivity contribution is 6.00. The number of amides is 2. The molecule has 9 heteroatoms. The van der Waals surface area contributed by atoms with Crippen molar-refractivity contribution in [2.45, 2.75) is 25.4 Å². The van der Waals surface area contributed by atoms with Crippen LogP contribution in [0.3, 0.4) is 0 Å². The number of likely N-dealkylation sites (tertiary alicyclic amines) is 1. The fourth-order valence-electron chi connectivity index (χ4n) is 5.66. The van der Waals surface area contributed by atoms with Gasteiger partial charge in [0.15, 0.2) is 0 Å². The van der Waals surface area contributed by atoms with Crippen molar-refractivity contribution in [1.29, 1.82) is 0 Å². The summed E-state index contributed by atoms with van der Waals surface area (Å²) in [4.78, 5) is 46.7. The van der Waals surface area contributed by atoms with Gasteiger partial charge >= 0.3 is 0 Å². The van der Waals surface area contributed by atoms with Crippen molar-refractivity contribution in [1.82, 2.24) is 20.2 Å². The lowest BCUT2D eigenvalue weighted by Gasteiger charge is -2.32. The van der Waals surface area contributed by atoms with Crippen LogP contribution in [-0.2, 0) is 11.3 Å². The van der Waals surface area contributed by atoms with Crippen molar-refractivity contribution in [3.05, 3.63) is 131 Å². The average Bonchev–Trinajstić information content (AvgIpc) is 3.06. The first-order valence-electron chi connectivity index (χ1n) is 14.8. The molecule has 3 N–H and O–H groups in total. The number of H-pyrrole nitrogens is 1. The van der Waals surface area contributed by atoms with E-state index in [-0.39, 0.29) is 22.9 Å². The number of carbonyl (C=O) groups excluding carboxylic acids is 2. The second-order valence-corrected chi connectivity index (χ2v) is 11.1. The summed E-state index contributed by atoms with van der Waals surface area (Å²) >= 11 is 0. The minimum Gasteiger partial charge on any atom is -0.349 e. The van der Waals surface area contributed by atoms with Crippen molar-refractivity contribution in [2.24, 2.45) is 0 Å². The summed E-state index contributed by atoms with van der Waals surface area (Å²) in [5.41, 5.74) is 5.50. The number of nitrogens with zero attached hydrogens (tertiary/aromatic N) is 2. The molecule has 1 fully saturated rings. The van der Waals surface area contributed by atoms with Crippen molar-refractivity contribution >= 4 is 28.4 Å². The Hall–Kier alpha value is -5.41. The number of piperidine rings is 1. The quantitative estimate of drug-likeness (QED) is 0.192. The molecule has 226 valence electrons. The number of fused-ring (bicyclic) bond motifs is 1. The molecule has 45 heavy (non-hydrogen) atoms.